The molecule has 0 amide bonds. The zero-order valence-electron chi connectivity index (χ0n) is 8.89. The van der Waals surface area contributed by atoms with Gasteiger partial charge in [-0.3, -0.25) is 0 Å². The van der Waals surface area contributed by atoms with E-state index in [-0.39, 0.29) is 0 Å². The van der Waals surface area contributed by atoms with Crippen molar-refractivity contribution in [2.45, 2.75) is 27.7 Å². The van der Waals surface area contributed by atoms with Gasteiger partial charge < -0.3 is 4.90 Å². The Labute approximate surface area is 80.7 Å². The molecule has 1 aliphatic rings. The summed E-state index contributed by atoms with van der Waals surface area (Å²) in [5, 5.41) is 0. The second-order valence-electron chi connectivity index (χ2n) is 3.76. The first kappa shape index (κ1) is 9.85. The van der Waals surface area contributed by atoms with Gasteiger partial charge in [0.2, 0.25) is 0 Å². The second-order valence-corrected chi connectivity index (χ2v) is 3.76. The van der Waals surface area contributed by atoms with Crippen molar-refractivity contribution in [3.63, 3.8) is 0 Å². The molecule has 1 nitrogen and oxygen atoms in total. The molecule has 0 radical (unpaired) electrons. The Hall–Kier alpha value is -1.24. The second kappa shape index (κ2) is 3.65. The van der Waals surface area contributed by atoms with E-state index in [1.165, 1.54) is 16.7 Å². The zero-order chi connectivity index (χ0) is 10.0. The van der Waals surface area contributed by atoms with E-state index < -0.39 is 0 Å². The van der Waals surface area contributed by atoms with Crippen LogP contribution in [0.2, 0.25) is 0 Å². The van der Waals surface area contributed by atoms with Gasteiger partial charge in [0.1, 0.15) is 0 Å². The Morgan fingerprint density at radius 2 is 2.00 bits per heavy atom. The van der Waals surface area contributed by atoms with Crippen LogP contribution < -0.4 is 0 Å². The van der Waals surface area contributed by atoms with Crippen LogP contribution in [-0.4, -0.2) is 4.90 Å². The van der Waals surface area contributed by atoms with E-state index in [2.05, 4.69) is 57.6 Å². The van der Waals surface area contributed by atoms with Gasteiger partial charge in [-0.1, -0.05) is 18.2 Å². The molecule has 0 unspecified atom stereocenters. The molecule has 0 aliphatic carbocycles. The first-order valence-electron chi connectivity index (χ1n) is 4.50. The lowest BCUT2D eigenvalue weighted by molar-refractivity contribution is 0.622. The van der Waals surface area contributed by atoms with Crippen LogP contribution in [0.1, 0.15) is 27.7 Å². The van der Waals surface area contributed by atoms with E-state index in [0.29, 0.717) is 0 Å². The van der Waals surface area contributed by atoms with Crippen LogP contribution in [0.3, 0.4) is 0 Å². The number of rotatable bonds is 1. The van der Waals surface area contributed by atoms with Gasteiger partial charge in [0, 0.05) is 18.1 Å². The number of allylic oxidation sites excluding steroid dienone is 4. The summed E-state index contributed by atoms with van der Waals surface area (Å²) in [6.07, 6.45) is 6.35. The van der Waals surface area contributed by atoms with Crippen LogP contribution in [0.4, 0.5) is 0 Å². The van der Waals surface area contributed by atoms with Crippen molar-refractivity contribution in [3.8, 4) is 0 Å². The Balaban J connectivity index is 2.97. The van der Waals surface area contributed by atoms with E-state index in [9.17, 15) is 0 Å². The van der Waals surface area contributed by atoms with Crippen molar-refractivity contribution in [2.75, 3.05) is 0 Å². The third-order valence-corrected chi connectivity index (χ3v) is 1.95. The van der Waals surface area contributed by atoms with E-state index in [1.54, 1.807) is 0 Å². The summed E-state index contributed by atoms with van der Waals surface area (Å²) in [5.74, 6) is 0. The van der Waals surface area contributed by atoms with E-state index in [0.717, 1.165) is 5.70 Å². The molecule has 13 heavy (non-hydrogen) atoms. The van der Waals surface area contributed by atoms with Crippen LogP contribution in [0, 0.1) is 0 Å². The highest BCUT2D eigenvalue weighted by Gasteiger charge is 2.08. The summed E-state index contributed by atoms with van der Waals surface area (Å²) < 4.78 is 0. The largest absolute Gasteiger partial charge is 0.324 e. The first-order valence-corrected chi connectivity index (χ1v) is 4.50. The topological polar surface area (TPSA) is 3.24 Å². The molecule has 0 bridgehead atoms. The molecule has 0 fully saturated rings. The molecule has 0 spiro atoms. The lowest BCUT2D eigenvalue weighted by Gasteiger charge is -2.24. The summed E-state index contributed by atoms with van der Waals surface area (Å²) in [7, 11) is 0. The van der Waals surface area contributed by atoms with Crippen LogP contribution in [0.5, 0.6) is 0 Å². The number of nitrogens with zero attached hydrogens (tertiary/aromatic N) is 1. The van der Waals surface area contributed by atoms with Gasteiger partial charge in [-0.2, -0.15) is 0 Å². The van der Waals surface area contributed by atoms with E-state index in [1.807, 2.05) is 0 Å². The third kappa shape index (κ3) is 2.35. The highest BCUT2D eigenvalue weighted by atomic mass is 15.1. The van der Waals surface area contributed by atoms with Crippen molar-refractivity contribution < 1.29 is 0 Å². The molecular formula is C12H17N. The van der Waals surface area contributed by atoms with Gasteiger partial charge in [-0.15, -0.1) is 0 Å². The maximum absolute atomic E-state index is 4.03. The summed E-state index contributed by atoms with van der Waals surface area (Å²) in [5.41, 5.74) is 4.84. The predicted octanol–water partition coefficient (Wildman–Crippen LogP) is 3.59. The smallest absolute Gasteiger partial charge is 0.0406 e. The fourth-order valence-electron chi connectivity index (χ4n) is 1.36. The Bertz CT molecular complexity index is 312. The highest BCUT2D eigenvalue weighted by molar-refractivity contribution is 5.39. The molecule has 0 saturated carbocycles. The molecule has 0 N–H and O–H groups in total. The summed E-state index contributed by atoms with van der Waals surface area (Å²) in [6, 6.07) is 0. The Morgan fingerprint density at radius 1 is 1.38 bits per heavy atom. The lowest BCUT2D eigenvalue weighted by atomic mass is 10.1. The predicted molar refractivity (Wildman–Crippen MR) is 57.9 cm³/mol. The molecule has 1 heterocycles. The average Bonchev–Trinajstić information content (AvgIpc) is 1.98. The molecule has 1 rings (SSSR count). The molecule has 0 atom stereocenters. The number of hydrogen-bond acceptors (Lipinski definition) is 1. The van der Waals surface area contributed by atoms with Crippen molar-refractivity contribution in [1.82, 2.24) is 4.90 Å². The normalized spacial score (nSPS) is 16.6. The van der Waals surface area contributed by atoms with Gasteiger partial charge in [-0.05, 0) is 38.8 Å². The summed E-state index contributed by atoms with van der Waals surface area (Å²) >= 11 is 0. The molecule has 70 valence electrons. The number of hydrogen-bond donors (Lipinski definition) is 0. The minimum atomic E-state index is 1.06. The van der Waals surface area contributed by atoms with Crippen molar-refractivity contribution >= 4 is 0 Å². The van der Waals surface area contributed by atoms with Gasteiger partial charge in [0.05, 0.1) is 0 Å². The van der Waals surface area contributed by atoms with Crippen molar-refractivity contribution in [3.05, 3.63) is 47.5 Å². The SMILES string of the molecule is C=C1C(C)=CC(C)=CN1C=C(C)C. The maximum atomic E-state index is 4.03. The minimum absolute atomic E-state index is 1.06. The van der Waals surface area contributed by atoms with Crippen molar-refractivity contribution in [2.24, 2.45) is 0 Å². The van der Waals surface area contributed by atoms with Crippen LogP contribution >= 0.6 is 0 Å². The van der Waals surface area contributed by atoms with Crippen LogP contribution in [0.25, 0.3) is 0 Å². The fraction of sp³-hybridized carbons (Fsp3) is 0.333. The zero-order valence-corrected chi connectivity index (χ0v) is 8.89. The van der Waals surface area contributed by atoms with Gasteiger partial charge in [0.25, 0.3) is 0 Å². The summed E-state index contributed by atoms with van der Waals surface area (Å²) in [4.78, 5) is 2.08. The van der Waals surface area contributed by atoms with Gasteiger partial charge in [0.15, 0.2) is 0 Å². The molecule has 1 heteroatoms. The van der Waals surface area contributed by atoms with Crippen LogP contribution in [0.15, 0.2) is 47.5 Å². The fourth-order valence-corrected chi connectivity index (χ4v) is 1.36. The molecule has 1 aliphatic heterocycles. The van der Waals surface area contributed by atoms with Gasteiger partial charge >= 0.3 is 0 Å². The molecular weight excluding hydrogens is 158 g/mol. The third-order valence-electron chi connectivity index (χ3n) is 1.95. The van der Waals surface area contributed by atoms with E-state index in [4.69, 9.17) is 0 Å². The average molecular weight is 175 g/mol. The lowest BCUT2D eigenvalue weighted by Crippen LogP contribution is -2.13. The minimum Gasteiger partial charge on any atom is -0.324 e. The first-order chi connectivity index (χ1) is 6.00. The highest BCUT2D eigenvalue weighted by Crippen LogP contribution is 2.22. The quantitative estimate of drug-likeness (QED) is 0.588. The van der Waals surface area contributed by atoms with Gasteiger partial charge in [-0.25, -0.2) is 0 Å². The summed E-state index contributed by atoms with van der Waals surface area (Å²) in [6.45, 7) is 12.4. The Kier molecular flexibility index (Phi) is 2.76. The van der Waals surface area contributed by atoms with E-state index >= 15 is 0 Å². The van der Waals surface area contributed by atoms with Crippen LogP contribution in [-0.2, 0) is 0 Å². The Morgan fingerprint density at radius 3 is 2.54 bits per heavy atom. The molecule has 0 aromatic rings. The maximum Gasteiger partial charge on any atom is 0.0406 e. The standard InChI is InChI=1S/C12H17N/c1-9(2)7-13-8-10(3)6-11(4)12(13)5/h6-8H,5H2,1-4H3. The monoisotopic (exact) mass is 175 g/mol. The molecule has 0 aromatic carbocycles. The van der Waals surface area contributed by atoms with Crippen molar-refractivity contribution in [1.29, 1.82) is 0 Å². The molecule has 0 aromatic heterocycles. The molecule has 0 saturated heterocycles.